The lowest BCUT2D eigenvalue weighted by Crippen LogP contribution is -2.20. The van der Waals surface area contributed by atoms with Crippen LogP contribution in [0.25, 0.3) is 10.2 Å². The summed E-state index contributed by atoms with van der Waals surface area (Å²) in [6.07, 6.45) is 0. The average Bonchev–Trinajstić information content (AvgIpc) is 3.28. The summed E-state index contributed by atoms with van der Waals surface area (Å²) in [6.45, 7) is 11.6. The van der Waals surface area contributed by atoms with Gasteiger partial charge in [0.1, 0.15) is 0 Å². The third kappa shape index (κ3) is 5.11. The summed E-state index contributed by atoms with van der Waals surface area (Å²) >= 11 is 1.35. The number of fused-ring (bicyclic) bond motifs is 1. The zero-order valence-corrected chi connectivity index (χ0v) is 19.4. The molecule has 2 aromatic heterocycles. The van der Waals surface area contributed by atoms with Gasteiger partial charge in [0.25, 0.3) is 5.91 Å². The van der Waals surface area contributed by atoms with Crippen LogP contribution in [0.1, 0.15) is 60.3 Å². The molecule has 166 valence electrons. The van der Waals surface area contributed by atoms with Crippen molar-refractivity contribution in [3.05, 3.63) is 46.0 Å². The van der Waals surface area contributed by atoms with Gasteiger partial charge in [0.15, 0.2) is 10.5 Å². The fraction of sp³-hybridized carbons (Fsp3) is 0.455. The van der Waals surface area contributed by atoms with Crippen molar-refractivity contribution in [3.63, 3.8) is 0 Å². The average molecular weight is 445 g/mol. The Kier molecular flexibility index (Phi) is 7.40. The van der Waals surface area contributed by atoms with E-state index in [0.29, 0.717) is 42.4 Å². The van der Waals surface area contributed by atoms with Crippen LogP contribution in [0.4, 0.5) is 0 Å². The van der Waals surface area contributed by atoms with Gasteiger partial charge in [-0.1, -0.05) is 11.3 Å². The van der Waals surface area contributed by atoms with Crippen molar-refractivity contribution in [1.82, 2.24) is 14.3 Å². The van der Waals surface area contributed by atoms with E-state index in [0.717, 1.165) is 15.9 Å². The summed E-state index contributed by atoms with van der Waals surface area (Å²) in [5.41, 5.74) is 2.57. The number of aryl methyl sites for hydroxylation is 1. The first kappa shape index (κ1) is 22.9. The van der Waals surface area contributed by atoms with Crippen molar-refractivity contribution in [2.24, 2.45) is 4.99 Å². The van der Waals surface area contributed by atoms with Crippen molar-refractivity contribution in [3.8, 4) is 0 Å². The predicted octanol–water partition coefficient (Wildman–Crippen LogP) is 3.74. The monoisotopic (exact) mass is 444 g/mol. The van der Waals surface area contributed by atoms with Crippen LogP contribution in [-0.2, 0) is 16.0 Å². The molecule has 0 aliphatic carbocycles. The first-order chi connectivity index (χ1) is 14.8. The molecule has 9 heteroatoms. The molecule has 1 aromatic carbocycles. The van der Waals surface area contributed by atoms with Gasteiger partial charge in [0.2, 0.25) is 0 Å². The molecule has 0 spiro atoms. The molecule has 31 heavy (non-hydrogen) atoms. The Hall–Kier alpha value is -2.78. The van der Waals surface area contributed by atoms with E-state index < -0.39 is 5.91 Å². The highest BCUT2D eigenvalue weighted by Gasteiger charge is 2.16. The number of rotatable bonds is 8. The zero-order valence-electron chi connectivity index (χ0n) is 18.5. The third-order valence-corrected chi connectivity index (χ3v) is 5.73. The number of hydrogen-bond acceptors (Lipinski definition) is 6. The van der Waals surface area contributed by atoms with E-state index in [4.69, 9.17) is 9.47 Å². The van der Waals surface area contributed by atoms with Crippen LogP contribution in [-0.4, -0.2) is 46.0 Å². The fourth-order valence-corrected chi connectivity index (χ4v) is 4.37. The number of hydrogen-bond donors (Lipinski definition) is 0. The highest BCUT2D eigenvalue weighted by molar-refractivity contribution is 7.16. The molecule has 0 aliphatic heterocycles. The maximum Gasteiger partial charge on any atom is 0.338 e. The lowest BCUT2D eigenvalue weighted by Gasteiger charge is -2.06. The molecule has 0 bridgehead atoms. The van der Waals surface area contributed by atoms with Crippen LogP contribution in [0.3, 0.4) is 0 Å². The second kappa shape index (κ2) is 10.0. The predicted molar refractivity (Wildman–Crippen MR) is 120 cm³/mol. The van der Waals surface area contributed by atoms with Crippen molar-refractivity contribution < 1.29 is 19.1 Å². The minimum atomic E-state index is -0.398. The first-order valence-corrected chi connectivity index (χ1v) is 11.2. The quantitative estimate of drug-likeness (QED) is 0.390. The maximum atomic E-state index is 12.9. The van der Waals surface area contributed by atoms with E-state index >= 15 is 0 Å². The molecule has 0 N–H and O–H groups in total. The molecule has 0 radical (unpaired) electrons. The van der Waals surface area contributed by atoms with E-state index in [1.165, 1.54) is 11.3 Å². The molecule has 0 aliphatic rings. The zero-order chi connectivity index (χ0) is 22.5. The van der Waals surface area contributed by atoms with Gasteiger partial charge in [-0.25, -0.2) is 4.79 Å². The van der Waals surface area contributed by atoms with Crippen LogP contribution < -0.4 is 4.80 Å². The van der Waals surface area contributed by atoms with Crippen molar-refractivity contribution in [1.29, 1.82) is 0 Å². The van der Waals surface area contributed by atoms with Gasteiger partial charge in [-0.3, -0.25) is 9.48 Å². The van der Waals surface area contributed by atoms with Gasteiger partial charge in [-0.05, 0) is 58.9 Å². The molecule has 0 saturated carbocycles. The Morgan fingerprint density at radius 3 is 2.61 bits per heavy atom. The van der Waals surface area contributed by atoms with Gasteiger partial charge in [-0.2, -0.15) is 10.1 Å². The second-order valence-corrected chi connectivity index (χ2v) is 8.27. The van der Waals surface area contributed by atoms with Crippen LogP contribution in [0, 0.1) is 6.92 Å². The highest BCUT2D eigenvalue weighted by Crippen LogP contribution is 2.20. The molecule has 1 amide bonds. The van der Waals surface area contributed by atoms with E-state index in [1.807, 2.05) is 43.0 Å². The molecule has 0 atom stereocenters. The van der Waals surface area contributed by atoms with Gasteiger partial charge < -0.3 is 14.0 Å². The van der Waals surface area contributed by atoms with Crippen molar-refractivity contribution >= 4 is 33.4 Å². The number of esters is 1. The van der Waals surface area contributed by atoms with E-state index in [9.17, 15) is 9.59 Å². The van der Waals surface area contributed by atoms with Crippen LogP contribution in [0.15, 0.2) is 29.3 Å². The number of amides is 1. The van der Waals surface area contributed by atoms with Crippen molar-refractivity contribution in [2.45, 2.75) is 47.2 Å². The van der Waals surface area contributed by atoms with E-state index in [2.05, 4.69) is 10.1 Å². The largest absolute Gasteiger partial charge is 0.462 e. The van der Waals surface area contributed by atoms with E-state index in [1.54, 1.807) is 25.1 Å². The molecule has 3 aromatic rings. The maximum absolute atomic E-state index is 12.9. The van der Waals surface area contributed by atoms with Gasteiger partial charge in [0, 0.05) is 24.9 Å². The lowest BCUT2D eigenvalue weighted by atomic mass is 10.2. The number of ether oxygens (including phenoxy) is 2. The summed E-state index contributed by atoms with van der Waals surface area (Å²) in [5, 5.41) is 4.41. The second-order valence-electron chi connectivity index (χ2n) is 7.26. The van der Waals surface area contributed by atoms with Gasteiger partial charge in [-0.15, -0.1) is 0 Å². The van der Waals surface area contributed by atoms with E-state index in [-0.39, 0.29) is 12.0 Å². The molecule has 0 unspecified atom stereocenters. The molecule has 2 heterocycles. The molecular weight excluding hydrogens is 416 g/mol. The number of benzene rings is 1. The first-order valence-electron chi connectivity index (χ1n) is 10.4. The topological polar surface area (TPSA) is 87.7 Å². The number of thiazole rings is 1. The smallest absolute Gasteiger partial charge is 0.338 e. The van der Waals surface area contributed by atoms with Gasteiger partial charge >= 0.3 is 5.97 Å². The minimum Gasteiger partial charge on any atom is -0.462 e. The van der Waals surface area contributed by atoms with Crippen LogP contribution in [0.2, 0.25) is 0 Å². The number of aromatic nitrogens is 3. The Morgan fingerprint density at radius 1 is 1.19 bits per heavy atom. The third-order valence-electron chi connectivity index (χ3n) is 4.69. The lowest BCUT2D eigenvalue weighted by molar-refractivity contribution is 0.0526. The Balaban J connectivity index is 2.05. The summed E-state index contributed by atoms with van der Waals surface area (Å²) in [6, 6.07) is 7.26. The summed E-state index contributed by atoms with van der Waals surface area (Å²) in [5.74, 6) is -0.771. The summed E-state index contributed by atoms with van der Waals surface area (Å²) in [7, 11) is 0. The molecule has 3 rings (SSSR count). The number of carbonyl (C=O) groups excluding carboxylic acids is 2. The number of carbonyl (C=O) groups is 2. The SMILES string of the molecule is CCOCCn1c(=NC(=O)c2cc(C)n(C(C)C)n2)sc2cc(C(=O)OCC)ccc21. The summed E-state index contributed by atoms with van der Waals surface area (Å²) in [4.78, 5) is 29.9. The van der Waals surface area contributed by atoms with Crippen molar-refractivity contribution in [2.75, 3.05) is 19.8 Å². The normalized spacial score (nSPS) is 12.1. The van der Waals surface area contributed by atoms with Crippen LogP contribution in [0.5, 0.6) is 0 Å². The minimum absolute atomic E-state index is 0.156. The number of nitrogens with zero attached hydrogens (tertiary/aromatic N) is 4. The molecule has 0 saturated heterocycles. The molecule has 0 fully saturated rings. The van der Waals surface area contributed by atoms with Crippen LogP contribution >= 0.6 is 11.3 Å². The van der Waals surface area contributed by atoms with Gasteiger partial charge in [0.05, 0.1) is 29.0 Å². The Labute approximate surface area is 185 Å². The molecule has 8 nitrogen and oxygen atoms in total. The Bertz CT molecular complexity index is 1160. The summed E-state index contributed by atoms with van der Waals surface area (Å²) < 4.78 is 15.2. The highest BCUT2D eigenvalue weighted by atomic mass is 32.1. The standard InChI is InChI=1S/C22H28N4O4S/c1-6-29-11-10-25-18-9-8-16(21(28)30-7-2)13-19(18)31-22(25)23-20(27)17-12-15(5)26(24-17)14(3)4/h8-9,12-14H,6-7,10-11H2,1-5H3. The Morgan fingerprint density at radius 2 is 1.97 bits per heavy atom. The molecular formula is C22H28N4O4S. The fourth-order valence-electron chi connectivity index (χ4n) is 3.28.